The minimum atomic E-state index is -3.19. The Hall–Kier alpha value is 2.70. The van der Waals surface area contributed by atoms with Gasteiger partial charge in [-0.2, -0.15) is 0 Å². The van der Waals surface area contributed by atoms with Crippen LogP contribution in [-0.4, -0.2) is 5.40 Å². The summed E-state index contributed by atoms with van der Waals surface area (Å²) in [6, 6.07) is 0. The molecule has 0 spiro atoms. The van der Waals surface area contributed by atoms with Gasteiger partial charge in [-0.1, -0.05) is 37.5 Å². The van der Waals surface area contributed by atoms with Crippen LogP contribution in [0, 0.1) is 5.41 Å². The van der Waals surface area contributed by atoms with Gasteiger partial charge in [-0.05, 0) is 5.41 Å². The molecule has 0 radical (unpaired) electrons. The summed E-state index contributed by atoms with van der Waals surface area (Å²) in [5.74, 6) is 0. The summed E-state index contributed by atoms with van der Waals surface area (Å²) >= 11 is 0. The van der Waals surface area contributed by atoms with Gasteiger partial charge in [-0.25, -0.2) is 0 Å². The van der Waals surface area contributed by atoms with E-state index >= 15 is 0 Å². The summed E-state index contributed by atoms with van der Waals surface area (Å²) in [7, 11) is -6.37. The first-order valence-electron chi connectivity index (χ1n) is 3.66. The normalized spacial score (nSPS) is 11.6. The monoisotopic (exact) mass is 258 g/mol. The SMILES string of the molecule is CC(C)(C)CC([PH+]([O-])[O-])[PH+]([O-])[O-].[Na+].[Na+]. The van der Waals surface area contributed by atoms with E-state index < -0.39 is 22.2 Å². The van der Waals surface area contributed by atoms with Gasteiger partial charge in [0.15, 0.2) is 0 Å². The standard InChI is InChI=1S/C6H14O4P2.2Na/c1-6(2,3)4-5(11(7)8)12(9)10;;/h5,11-12H,4H2,1-3H3;;/q-2;2*+1. The van der Waals surface area contributed by atoms with Crippen molar-refractivity contribution in [3.63, 3.8) is 0 Å². The van der Waals surface area contributed by atoms with E-state index in [1.54, 1.807) is 0 Å². The van der Waals surface area contributed by atoms with Crippen molar-refractivity contribution >= 4 is 16.8 Å². The van der Waals surface area contributed by atoms with Crippen molar-refractivity contribution in [3.05, 3.63) is 0 Å². The maximum absolute atomic E-state index is 10.5. The number of hydrogen-bond donors (Lipinski definition) is 0. The van der Waals surface area contributed by atoms with Crippen molar-refractivity contribution in [1.29, 1.82) is 0 Å². The van der Waals surface area contributed by atoms with E-state index in [4.69, 9.17) is 0 Å². The van der Waals surface area contributed by atoms with Gasteiger partial charge < -0.3 is 19.6 Å². The van der Waals surface area contributed by atoms with Gasteiger partial charge in [0.05, 0.1) is 0 Å². The molecule has 4 nitrogen and oxygen atoms in total. The second-order valence-corrected chi connectivity index (χ2v) is 7.20. The van der Waals surface area contributed by atoms with Crippen LogP contribution in [0.25, 0.3) is 0 Å². The van der Waals surface area contributed by atoms with E-state index in [0.29, 0.717) is 0 Å². The van der Waals surface area contributed by atoms with Crippen LogP contribution in [0.3, 0.4) is 0 Å². The minimum absolute atomic E-state index is 0. The Balaban J connectivity index is -0.000000605. The quantitative estimate of drug-likeness (QED) is 0.371. The molecule has 0 atom stereocenters. The molecule has 0 rings (SSSR count). The molecule has 0 bridgehead atoms. The molecule has 0 aromatic rings. The van der Waals surface area contributed by atoms with Crippen LogP contribution in [0.5, 0.6) is 0 Å². The van der Waals surface area contributed by atoms with Crippen LogP contribution < -0.4 is 78.7 Å². The van der Waals surface area contributed by atoms with E-state index in [9.17, 15) is 19.6 Å². The molecule has 0 aliphatic rings. The molecule has 74 valence electrons. The van der Waals surface area contributed by atoms with Crippen LogP contribution >= 0.6 is 16.8 Å². The molecular weight excluding hydrogens is 244 g/mol. The van der Waals surface area contributed by atoms with Gasteiger partial charge >= 0.3 is 59.1 Å². The Morgan fingerprint density at radius 1 is 0.929 bits per heavy atom. The Kier molecular flexibility index (Phi) is 15.2. The molecular formula is C6H14Na2O4P2. The Labute approximate surface area is 132 Å². The van der Waals surface area contributed by atoms with E-state index in [1.807, 2.05) is 20.8 Å². The summed E-state index contributed by atoms with van der Waals surface area (Å²) in [5.41, 5.74) is -0.264. The zero-order chi connectivity index (χ0) is 9.94. The first kappa shape index (κ1) is 21.9. The van der Waals surface area contributed by atoms with Crippen molar-refractivity contribution in [1.82, 2.24) is 0 Å². The maximum atomic E-state index is 10.5. The average molecular weight is 258 g/mol. The van der Waals surface area contributed by atoms with Crippen molar-refractivity contribution < 1.29 is 78.7 Å². The Morgan fingerprint density at radius 3 is 1.29 bits per heavy atom. The van der Waals surface area contributed by atoms with Crippen molar-refractivity contribution in [2.75, 3.05) is 0 Å². The summed E-state index contributed by atoms with van der Waals surface area (Å²) in [6.07, 6.45) is 0.190. The van der Waals surface area contributed by atoms with E-state index in [0.717, 1.165) is 0 Å². The van der Waals surface area contributed by atoms with Gasteiger partial charge in [0.25, 0.3) is 0 Å². The first-order valence-corrected chi connectivity index (χ1v) is 6.44. The molecule has 0 aliphatic heterocycles. The maximum Gasteiger partial charge on any atom is 1.00 e. The van der Waals surface area contributed by atoms with Crippen LogP contribution in [0.15, 0.2) is 0 Å². The predicted molar refractivity (Wildman–Crippen MR) is 44.5 cm³/mol. The summed E-state index contributed by atoms with van der Waals surface area (Å²) in [6.45, 7) is 5.45. The molecule has 0 saturated heterocycles. The average Bonchev–Trinajstić information content (AvgIpc) is 1.79. The zero-order valence-electron chi connectivity index (χ0n) is 9.42. The van der Waals surface area contributed by atoms with E-state index in [1.165, 1.54) is 0 Å². The molecule has 0 unspecified atom stereocenters. The molecule has 0 fully saturated rings. The second kappa shape index (κ2) is 9.70. The van der Waals surface area contributed by atoms with E-state index in [-0.39, 0.29) is 71.0 Å². The fourth-order valence-electron chi connectivity index (χ4n) is 0.875. The molecule has 0 saturated carbocycles. The van der Waals surface area contributed by atoms with Crippen LogP contribution in [-0.2, 0) is 0 Å². The number of hydrogen-bond acceptors (Lipinski definition) is 4. The largest absolute Gasteiger partial charge is 1.00 e. The minimum Gasteiger partial charge on any atom is -0.682 e. The predicted octanol–water partition coefficient (Wildman–Crippen LogP) is -7.71. The Morgan fingerprint density at radius 2 is 1.21 bits per heavy atom. The molecule has 8 heteroatoms. The molecule has 0 heterocycles. The fraction of sp³-hybridized carbons (Fsp3) is 1.00. The van der Waals surface area contributed by atoms with Gasteiger partial charge in [0, 0.05) is 6.42 Å². The van der Waals surface area contributed by atoms with Crippen LogP contribution in [0.4, 0.5) is 0 Å². The molecule has 0 aromatic heterocycles. The van der Waals surface area contributed by atoms with Gasteiger partial charge in [0.2, 0.25) is 0 Å². The third kappa shape index (κ3) is 11.2. The van der Waals surface area contributed by atoms with E-state index in [2.05, 4.69) is 0 Å². The molecule has 0 aliphatic carbocycles. The molecule has 0 N–H and O–H groups in total. The molecule has 14 heavy (non-hydrogen) atoms. The fourth-order valence-corrected chi connectivity index (χ4v) is 3.20. The summed E-state index contributed by atoms with van der Waals surface area (Å²) in [5, 5.41) is -1.14. The zero-order valence-corrected chi connectivity index (χ0v) is 15.4. The smallest absolute Gasteiger partial charge is 0.682 e. The van der Waals surface area contributed by atoms with Gasteiger partial charge in [-0.15, -0.1) is 0 Å². The third-order valence-corrected chi connectivity index (χ3v) is 4.35. The Bertz CT molecular complexity index is 132. The molecule has 0 amide bonds. The van der Waals surface area contributed by atoms with Crippen molar-refractivity contribution in [2.24, 2.45) is 5.41 Å². The molecule has 0 aromatic carbocycles. The van der Waals surface area contributed by atoms with Crippen LogP contribution in [0.1, 0.15) is 27.2 Å². The first-order chi connectivity index (χ1) is 5.24. The van der Waals surface area contributed by atoms with Crippen molar-refractivity contribution in [3.8, 4) is 0 Å². The topological polar surface area (TPSA) is 92.2 Å². The number of rotatable bonds is 3. The van der Waals surface area contributed by atoms with Crippen LogP contribution in [0.2, 0.25) is 0 Å². The third-order valence-electron chi connectivity index (χ3n) is 1.39. The second-order valence-electron chi connectivity index (χ2n) is 3.96. The summed E-state index contributed by atoms with van der Waals surface area (Å²) in [4.78, 5) is 42.1. The van der Waals surface area contributed by atoms with Crippen molar-refractivity contribution in [2.45, 2.75) is 32.6 Å². The summed E-state index contributed by atoms with van der Waals surface area (Å²) < 4.78 is 0. The van der Waals surface area contributed by atoms with Gasteiger partial charge in [-0.3, -0.25) is 0 Å². The van der Waals surface area contributed by atoms with Gasteiger partial charge in [0.1, 0.15) is 5.40 Å².